The molecule has 0 amide bonds. The molecule has 8 heteroatoms. The number of hydrogen-bond acceptors (Lipinski definition) is 4. The van der Waals surface area contributed by atoms with Gasteiger partial charge in [0.1, 0.15) is 5.82 Å². The van der Waals surface area contributed by atoms with Crippen LogP contribution in [0, 0.1) is 5.95 Å². The Morgan fingerprint density at radius 1 is 1.06 bits per heavy atom. The number of pyridine rings is 1. The van der Waals surface area contributed by atoms with E-state index in [0.29, 0.717) is 17.6 Å². The average molecular weight is 460 g/mol. The van der Waals surface area contributed by atoms with Crippen molar-refractivity contribution < 1.29 is 12.8 Å². The van der Waals surface area contributed by atoms with Crippen molar-refractivity contribution in [3.63, 3.8) is 0 Å². The molecule has 31 heavy (non-hydrogen) atoms. The van der Waals surface area contributed by atoms with E-state index in [2.05, 4.69) is 38.9 Å². The molecule has 3 aromatic rings. The Morgan fingerprint density at radius 3 is 2.61 bits per heavy atom. The Hall–Kier alpha value is -2.48. The second-order valence-electron chi connectivity index (χ2n) is 7.60. The van der Waals surface area contributed by atoms with Gasteiger partial charge in [-0.25, -0.2) is 13.4 Å². The highest BCUT2D eigenvalue weighted by Gasteiger charge is 2.25. The van der Waals surface area contributed by atoms with Crippen LogP contribution < -0.4 is 4.72 Å². The standard InChI is InChI=1S/C23H23ClFN3O2S/c24-20-15-19(31(29,30)27-23-11-6-10-22(25)26-23)13-12-18(20)16-28-14-5-4-9-21(28)17-7-2-1-3-8-17/h1-3,6-8,10-13,15,21H,4-5,9,14,16H2,(H,26,27). The van der Waals surface area contributed by atoms with E-state index in [9.17, 15) is 12.8 Å². The van der Waals surface area contributed by atoms with Crippen molar-refractivity contribution >= 4 is 27.4 Å². The molecule has 0 bridgehead atoms. The molecule has 0 saturated carbocycles. The zero-order valence-corrected chi connectivity index (χ0v) is 18.4. The lowest BCUT2D eigenvalue weighted by Crippen LogP contribution is -2.33. The summed E-state index contributed by atoms with van der Waals surface area (Å²) in [6, 6.07) is 19.3. The van der Waals surface area contributed by atoms with E-state index in [1.807, 2.05) is 6.07 Å². The van der Waals surface area contributed by atoms with Crippen LogP contribution in [0.2, 0.25) is 5.02 Å². The largest absolute Gasteiger partial charge is 0.292 e. The minimum absolute atomic E-state index is 0.00515. The first kappa shape index (κ1) is 21.7. The molecule has 1 aliphatic heterocycles. The molecule has 1 unspecified atom stereocenters. The lowest BCUT2D eigenvalue weighted by molar-refractivity contribution is 0.140. The molecule has 5 nitrogen and oxygen atoms in total. The molecule has 1 aliphatic rings. The number of nitrogens with one attached hydrogen (secondary N) is 1. The molecule has 0 spiro atoms. The number of aromatic nitrogens is 1. The Morgan fingerprint density at radius 2 is 1.87 bits per heavy atom. The number of hydrogen-bond donors (Lipinski definition) is 1. The molecular weight excluding hydrogens is 437 g/mol. The Labute approximate surface area is 186 Å². The molecule has 0 aliphatic carbocycles. The van der Waals surface area contributed by atoms with Gasteiger partial charge in [-0.2, -0.15) is 4.39 Å². The third kappa shape index (κ3) is 5.23. The molecule has 1 N–H and O–H groups in total. The first-order chi connectivity index (χ1) is 14.9. The van der Waals surface area contributed by atoms with Crippen molar-refractivity contribution in [3.8, 4) is 0 Å². The van der Waals surface area contributed by atoms with Gasteiger partial charge < -0.3 is 0 Å². The number of piperidine rings is 1. The van der Waals surface area contributed by atoms with Gasteiger partial charge >= 0.3 is 0 Å². The molecule has 4 rings (SSSR count). The van der Waals surface area contributed by atoms with Gasteiger partial charge in [0.25, 0.3) is 10.0 Å². The maximum absolute atomic E-state index is 13.3. The second kappa shape index (κ2) is 9.34. The van der Waals surface area contributed by atoms with E-state index >= 15 is 0 Å². The highest BCUT2D eigenvalue weighted by molar-refractivity contribution is 7.92. The van der Waals surface area contributed by atoms with Gasteiger partial charge in [0.05, 0.1) is 4.90 Å². The maximum Gasteiger partial charge on any atom is 0.263 e. The number of likely N-dealkylation sites (tertiary alicyclic amines) is 1. The minimum Gasteiger partial charge on any atom is -0.292 e. The average Bonchev–Trinajstić information content (AvgIpc) is 2.76. The number of anilines is 1. The van der Waals surface area contributed by atoms with Crippen molar-refractivity contribution in [2.45, 2.75) is 36.7 Å². The van der Waals surface area contributed by atoms with Crippen LogP contribution >= 0.6 is 11.6 Å². The summed E-state index contributed by atoms with van der Waals surface area (Å²) >= 11 is 6.48. The summed E-state index contributed by atoms with van der Waals surface area (Å²) in [5, 5.41) is 0.382. The predicted molar refractivity (Wildman–Crippen MR) is 120 cm³/mol. The van der Waals surface area contributed by atoms with Crippen LogP contribution in [0.4, 0.5) is 10.2 Å². The summed E-state index contributed by atoms with van der Waals surface area (Å²) in [7, 11) is -3.93. The van der Waals surface area contributed by atoms with E-state index < -0.39 is 16.0 Å². The lowest BCUT2D eigenvalue weighted by atomic mass is 9.94. The zero-order valence-electron chi connectivity index (χ0n) is 16.8. The fraction of sp³-hybridized carbons (Fsp3) is 0.261. The smallest absolute Gasteiger partial charge is 0.263 e. The Balaban J connectivity index is 1.53. The van der Waals surface area contributed by atoms with Crippen LogP contribution in [0.1, 0.15) is 36.4 Å². The van der Waals surface area contributed by atoms with Crippen LogP contribution in [-0.4, -0.2) is 24.8 Å². The van der Waals surface area contributed by atoms with Crippen molar-refractivity contribution in [1.82, 2.24) is 9.88 Å². The number of halogens is 2. The fourth-order valence-electron chi connectivity index (χ4n) is 3.94. The van der Waals surface area contributed by atoms with Gasteiger partial charge in [-0.1, -0.05) is 60.5 Å². The molecule has 2 heterocycles. The van der Waals surface area contributed by atoms with E-state index in [1.54, 1.807) is 6.07 Å². The predicted octanol–water partition coefficient (Wildman–Crippen LogP) is 5.40. The van der Waals surface area contributed by atoms with E-state index in [0.717, 1.165) is 31.0 Å². The number of sulfonamides is 1. The molecule has 1 saturated heterocycles. The van der Waals surface area contributed by atoms with Crippen LogP contribution in [0.3, 0.4) is 0 Å². The summed E-state index contributed by atoms with van der Waals surface area (Å²) in [4.78, 5) is 5.94. The second-order valence-corrected chi connectivity index (χ2v) is 9.69. The highest BCUT2D eigenvalue weighted by atomic mass is 35.5. The van der Waals surface area contributed by atoms with Crippen LogP contribution in [-0.2, 0) is 16.6 Å². The van der Waals surface area contributed by atoms with E-state index in [4.69, 9.17) is 11.6 Å². The SMILES string of the molecule is O=S(=O)(Nc1cccc(F)n1)c1ccc(CN2CCCCC2c2ccccc2)c(Cl)c1. The third-order valence-electron chi connectivity index (χ3n) is 5.46. The Bertz CT molecular complexity index is 1160. The highest BCUT2D eigenvalue weighted by Crippen LogP contribution is 2.33. The molecule has 162 valence electrons. The summed E-state index contributed by atoms with van der Waals surface area (Å²) in [5.74, 6) is -0.845. The van der Waals surface area contributed by atoms with Crippen LogP contribution in [0.15, 0.2) is 71.6 Å². The van der Waals surface area contributed by atoms with E-state index in [-0.39, 0.29) is 10.7 Å². The molecule has 2 aromatic carbocycles. The minimum atomic E-state index is -3.93. The Kier molecular flexibility index (Phi) is 6.55. The van der Waals surface area contributed by atoms with Crippen molar-refractivity contribution in [2.24, 2.45) is 0 Å². The van der Waals surface area contributed by atoms with Crippen molar-refractivity contribution in [2.75, 3.05) is 11.3 Å². The van der Waals surface area contributed by atoms with Crippen LogP contribution in [0.5, 0.6) is 0 Å². The summed E-state index contributed by atoms with van der Waals surface area (Å²) in [6.07, 6.45) is 3.39. The summed E-state index contributed by atoms with van der Waals surface area (Å²) in [5.41, 5.74) is 2.15. The van der Waals surface area contributed by atoms with Gasteiger partial charge in [0.15, 0.2) is 0 Å². The summed E-state index contributed by atoms with van der Waals surface area (Å²) in [6.45, 7) is 1.60. The monoisotopic (exact) mass is 459 g/mol. The third-order valence-corrected chi connectivity index (χ3v) is 7.16. The first-order valence-corrected chi connectivity index (χ1v) is 12.0. The van der Waals surface area contributed by atoms with E-state index in [1.165, 1.54) is 36.2 Å². The maximum atomic E-state index is 13.3. The normalized spacial score (nSPS) is 17.4. The summed E-state index contributed by atoms with van der Waals surface area (Å²) < 4.78 is 40.9. The van der Waals surface area contributed by atoms with Crippen LogP contribution in [0.25, 0.3) is 0 Å². The topological polar surface area (TPSA) is 62.3 Å². The van der Waals surface area contributed by atoms with Gasteiger partial charge in [-0.15, -0.1) is 0 Å². The lowest BCUT2D eigenvalue weighted by Gasteiger charge is -2.36. The number of benzene rings is 2. The molecule has 0 radical (unpaired) electrons. The quantitative estimate of drug-likeness (QED) is 0.501. The molecular formula is C23H23ClFN3O2S. The first-order valence-electron chi connectivity index (χ1n) is 10.2. The molecule has 1 aromatic heterocycles. The van der Waals surface area contributed by atoms with Crippen molar-refractivity contribution in [3.05, 3.63) is 88.8 Å². The number of nitrogens with zero attached hydrogens (tertiary/aromatic N) is 2. The van der Waals surface area contributed by atoms with Gasteiger partial charge in [0.2, 0.25) is 5.95 Å². The zero-order chi connectivity index (χ0) is 21.8. The van der Waals surface area contributed by atoms with Gasteiger partial charge in [0, 0.05) is 17.6 Å². The molecule has 1 fully saturated rings. The number of rotatable bonds is 6. The van der Waals surface area contributed by atoms with Crippen molar-refractivity contribution in [1.29, 1.82) is 0 Å². The molecule has 1 atom stereocenters. The fourth-order valence-corrected chi connectivity index (χ4v) is 5.27. The van der Waals surface area contributed by atoms with Gasteiger partial charge in [-0.3, -0.25) is 9.62 Å². The van der Waals surface area contributed by atoms with Gasteiger partial charge in [-0.05, 0) is 54.8 Å².